The van der Waals surface area contributed by atoms with Gasteiger partial charge in [-0.15, -0.1) is 0 Å². The molecule has 0 amide bonds. The van der Waals surface area contributed by atoms with Crippen LogP contribution in [0.4, 0.5) is 0 Å². The van der Waals surface area contributed by atoms with Crippen molar-refractivity contribution in [2.24, 2.45) is 0 Å². The van der Waals surface area contributed by atoms with E-state index in [0.717, 1.165) is 0 Å². The van der Waals surface area contributed by atoms with Crippen molar-refractivity contribution in [3.8, 4) is 0 Å². The lowest BCUT2D eigenvalue weighted by atomic mass is 10.0. The van der Waals surface area contributed by atoms with E-state index in [1.165, 1.54) is 0 Å². The first kappa shape index (κ1) is 8.89. The van der Waals surface area contributed by atoms with Crippen molar-refractivity contribution in [2.75, 3.05) is 13.2 Å². The molecule has 11 heavy (non-hydrogen) atoms. The molecule has 3 atom stereocenters. The van der Waals surface area contributed by atoms with Crippen molar-refractivity contribution >= 4 is 0 Å². The third-order valence-corrected chi connectivity index (χ3v) is 2.01. The molecule has 5 N–H and O–H groups in total. The topological polar surface area (TPSA) is 93.0 Å². The van der Waals surface area contributed by atoms with Crippen molar-refractivity contribution in [1.29, 1.82) is 0 Å². The zero-order chi connectivity index (χ0) is 8.48. The first-order valence-corrected chi connectivity index (χ1v) is 3.55. The van der Waals surface area contributed by atoms with Gasteiger partial charge >= 0.3 is 0 Å². The van der Waals surface area contributed by atoms with Gasteiger partial charge in [0.2, 0.25) is 0 Å². The standard InChI is InChI=1S/C6H13NO4/c8-3-5(10)6(11)4(9)1-2-7-6/h4-5,7-11H,1-3H2/t4-,5-,6+/m1/s1. The minimum atomic E-state index is -1.73. The predicted molar refractivity (Wildman–Crippen MR) is 36.7 cm³/mol. The van der Waals surface area contributed by atoms with Crippen LogP contribution in [0.25, 0.3) is 0 Å². The average Bonchev–Trinajstić information content (AvgIpc) is 2.32. The molecule has 5 nitrogen and oxygen atoms in total. The molecule has 0 bridgehead atoms. The number of nitrogens with one attached hydrogen (secondary N) is 1. The van der Waals surface area contributed by atoms with Crippen molar-refractivity contribution in [3.05, 3.63) is 0 Å². The third-order valence-electron chi connectivity index (χ3n) is 2.01. The van der Waals surface area contributed by atoms with Gasteiger partial charge in [0.1, 0.15) is 12.2 Å². The highest BCUT2D eigenvalue weighted by molar-refractivity contribution is 4.95. The smallest absolute Gasteiger partial charge is 0.170 e. The van der Waals surface area contributed by atoms with Gasteiger partial charge in [0.05, 0.1) is 6.61 Å². The summed E-state index contributed by atoms with van der Waals surface area (Å²) >= 11 is 0. The quantitative estimate of drug-likeness (QED) is 0.307. The monoisotopic (exact) mass is 163 g/mol. The maximum Gasteiger partial charge on any atom is 0.170 e. The Bertz CT molecular complexity index is 143. The molecule has 1 rings (SSSR count). The van der Waals surface area contributed by atoms with Crippen LogP contribution in [0, 0.1) is 0 Å². The van der Waals surface area contributed by atoms with Gasteiger partial charge in [0, 0.05) is 6.54 Å². The van der Waals surface area contributed by atoms with Crippen LogP contribution in [0.1, 0.15) is 6.42 Å². The second-order valence-electron chi connectivity index (χ2n) is 2.75. The molecule has 0 aromatic rings. The van der Waals surface area contributed by atoms with Crippen LogP contribution < -0.4 is 5.32 Å². The summed E-state index contributed by atoms with van der Waals surface area (Å²) in [6.07, 6.45) is -1.96. The van der Waals surface area contributed by atoms with E-state index in [-0.39, 0.29) is 0 Å². The predicted octanol–water partition coefficient (Wildman–Crippen LogP) is -2.62. The van der Waals surface area contributed by atoms with Crippen LogP contribution in [-0.2, 0) is 0 Å². The largest absolute Gasteiger partial charge is 0.394 e. The van der Waals surface area contributed by atoms with Gasteiger partial charge < -0.3 is 20.4 Å². The molecule has 1 fully saturated rings. The molecule has 66 valence electrons. The summed E-state index contributed by atoms with van der Waals surface area (Å²) in [4.78, 5) is 0. The van der Waals surface area contributed by atoms with Gasteiger partial charge in [-0.3, -0.25) is 5.32 Å². The fraction of sp³-hybridized carbons (Fsp3) is 1.00. The van der Waals surface area contributed by atoms with Crippen LogP contribution in [0.5, 0.6) is 0 Å². The normalized spacial score (nSPS) is 40.9. The highest BCUT2D eigenvalue weighted by Gasteiger charge is 2.45. The lowest BCUT2D eigenvalue weighted by Gasteiger charge is -2.30. The summed E-state index contributed by atoms with van der Waals surface area (Å²) in [5.74, 6) is 0. The molecule has 1 heterocycles. The van der Waals surface area contributed by atoms with E-state index >= 15 is 0 Å². The Morgan fingerprint density at radius 3 is 2.64 bits per heavy atom. The minimum Gasteiger partial charge on any atom is -0.394 e. The molecule has 0 saturated carbocycles. The number of hydrogen-bond acceptors (Lipinski definition) is 5. The van der Waals surface area contributed by atoms with Crippen LogP contribution in [0.3, 0.4) is 0 Å². The highest BCUT2D eigenvalue weighted by Crippen LogP contribution is 2.20. The molecule has 0 aromatic carbocycles. The molecule has 1 aliphatic heterocycles. The lowest BCUT2D eigenvalue weighted by Crippen LogP contribution is -2.58. The Hall–Kier alpha value is -0.200. The molecule has 5 heteroatoms. The molecule has 1 aliphatic rings. The van der Waals surface area contributed by atoms with Crippen LogP contribution in [0.2, 0.25) is 0 Å². The van der Waals surface area contributed by atoms with E-state index in [9.17, 15) is 5.11 Å². The number of aliphatic hydroxyl groups excluding tert-OH is 3. The van der Waals surface area contributed by atoms with Crippen molar-refractivity contribution in [2.45, 2.75) is 24.4 Å². The zero-order valence-electron chi connectivity index (χ0n) is 6.06. The maximum absolute atomic E-state index is 9.46. The Morgan fingerprint density at radius 1 is 1.64 bits per heavy atom. The maximum atomic E-state index is 9.46. The molecule has 0 aromatic heterocycles. The SMILES string of the molecule is OC[C@@H](O)[C@]1(O)NCC[C@H]1O. The van der Waals surface area contributed by atoms with Crippen LogP contribution in [-0.4, -0.2) is 51.5 Å². The summed E-state index contributed by atoms with van der Waals surface area (Å²) in [7, 11) is 0. The Labute approximate surface area is 64.3 Å². The molecular weight excluding hydrogens is 150 g/mol. The van der Waals surface area contributed by atoms with E-state index in [1.54, 1.807) is 0 Å². The van der Waals surface area contributed by atoms with E-state index < -0.39 is 24.5 Å². The lowest BCUT2D eigenvalue weighted by molar-refractivity contribution is -0.155. The fourth-order valence-corrected chi connectivity index (χ4v) is 1.23. The molecular formula is C6H13NO4. The van der Waals surface area contributed by atoms with Gasteiger partial charge in [-0.1, -0.05) is 0 Å². The van der Waals surface area contributed by atoms with Crippen LogP contribution in [0.15, 0.2) is 0 Å². The Balaban J connectivity index is 2.64. The Morgan fingerprint density at radius 2 is 2.27 bits per heavy atom. The van der Waals surface area contributed by atoms with Gasteiger partial charge in [-0.25, -0.2) is 0 Å². The fourth-order valence-electron chi connectivity index (χ4n) is 1.23. The molecule has 0 spiro atoms. The molecule has 0 aliphatic carbocycles. The van der Waals surface area contributed by atoms with E-state index in [1.807, 2.05) is 0 Å². The Kier molecular flexibility index (Phi) is 2.46. The van der Waals surface area contributed by atoms with Crippen LogP contribution >= 0.6 is 0 Å². The van der Waals surface area contributed by atoms with Gasteiger partial charge in [-0.05, 0) is 6.42 Å². The molecule has 0 radical (unpaired) electrons. The summed E-state index contributed by atoms with van der Waals surface area (Å²) in [5, 5.41) is 38.7. The highest BCUT2D eigenvalue weighted by atomic mass is 16.4. The first-order valence-electron chi connectivity index (χ1n) is 3.55. The average molecular weight is 163 g/mol. The number of aliphatic hydroxyl groups is 4. The van der Waals surface area contributed by atoms with Gasteiger partial charge in [-0.2, -0.15) is 0 Å². The van der Waals surface area contributed by atoms with E-state index in [4.69, 9.17) is 15.3 Å². The zero-order valence-corrected chi connectivity index (χ0v) is 6.06. The van der Waals surface area contributed by atoms with Crippen molar-refractivity contribution < 1.29 is 20.4 Å². The number of rotatable bonds is 2. The third kappa shape index (κ3) is 1.38. The van der Waals surface area contributed by atoms with Gasteiger partial charge in [0.25, 0.3) is 0 Å². The second-order valence-corrected chi connectivity index (χ2v) is 2.75. The molecule has 1 saturated heterocycles. The summed E-state index contributed by atoms with van der Waals surface area (Å²) in [5.41, 5.74) is -1.73. The summed E-state index contributed by atoms with van der Waals surface area (Å²) in [6, 6.07) is 0. The second kappa shape index (κ2) is 3.04. The minimum absolute atomic E-state index is 0.383. The van der Waals surface area contributed by atoms with Crippen molar-refractivity contribution in [1.82, 2.24) is 5.32 Å². The number of hydrogen-bond donors (Lipinski definition) is 5. The van der Waals surface area contributed by atoms with Crippen molar-refractivity contribution in [3.63, 3.8) is 0 Å². The van der Waals surface area contributed by atoms with E-state index in [2.05, 4.69) is 5.32 Å². The van der Waals surface area contributed by atoms with Gasteiger partial charge in [0.15, 0.2) is 5.72 Å². The van der Waals surface area contributed by atoms with E-state index in [0.29, 0.717) is 13.0 Å². The first-order chi connectivity index (χ1) is 5.11. The summed E-state index contributed by atoms with van der Waals surface area (Å²) < 4.78 is 0. The molecule has 0 unspecified atom stereocenters. The summed E-state index contributed by atoms with van der Waals surface area (Å²) in [6.45, 7) is -0.130.